The van der Waals surface area contributed by atoms with E-state index in [0.717, 1.165) is 0 Å². The van der Waals surface area contributed by atoms with Gasteiger partial charge in [0.1, 0.15) is 5.69 Å². The van der Waals surface area contributed by atoms with Crippen molar-refractivity contribution in [3.63, 3.8) is 0 Å². The minimum Gasteiger partial charge on any atom is -0.490 e. The molecule has 5 nitrogen and oxygen atoms in total. The zero-order chi connectivity index (χ0) is 15.4. The minimum absolute atomic E-state index is 0.205. The van der Waals surface area contributed by atoms with Crippen LogP contribution in [0.5, 0.6) is 11.5 Å². The number of nitrogens with zero attached hydrogens (tertiary/aromatic N) is 2. The van der Waals surface area contributed by atoms with E-state index in [4.69, 9.17) is 21.1 Å². The molecule has 0 aliphatic rings. The largest absolute Gasteiger partial charge is 0.490 e. The van der Waals surface area contributed by atoms with Crippen molar-refractivity contribution in [3.05, 3.63) is 40.7 Å². The van der Waals surface area contributed by atoms with Crippen molar-refractivity contribution in [2.45, 2.75) is 13.8 Å². The smallest absolute Gasteiger partial charge is 0.212 e. The van der Waals surface area contributed by atoms with Crippen molar-refractivity contribution in [1.29, 1.82) is 0 Å². The van der Waals surface area contributed by atoms with Crippen LogP contribution in [0.3, 0.4) is 0 Å². The molecule has 0 N–H and O–H groups in total. The standard InChI is InChI=1S/C15H17ClN2O3/c1-4-20-12-7-6-10(8-13(12)21-5-2)15(19)14-11(16)9-17-18(14)3/h6-9H,4-5H2,1-3H3. The molecule has 1 aromatic carbocycles. The molecule has 0 radical (unpaired) electrons. The molecule has 1 heterocycles. The lowest BCUT2D eigenvalue weighted by Gasteiger charge is -2.12. The maximum Gasteiger partial charge on any atom is 0.212 e. The molecule has 0 aliphatic carbocycles. The number of ether oxygens (including phenoxy) is 2. The van der Waals surface area contributed by atoms with Crippen LogP contribution < -0.4 is 9.47 Å². The number of carbonyl (C=O) groups is 1. The summed E-state index contributed by atoms with van der Waals surface area (Å²) in [5.74, 6) is 0.958. The van der Waals surface area contributed by atoms with Gasteiger partial charge in [-0.1, -0.05) is 11.6 Å². The monoisotopic (exact) mass is 308 g/mol. The Labute approximate surface area is 128 Å². The molecular weight excluding hydrogens is 292 g/mol. The van der Waals surface area contributed by atoms with Gasteiger partial charge in [-0.15, -0.1) is 0 Å². The maximum atomic E-state index is 12.5. The summed E-state index contributed by atoms with van der Waals surface area (Å²) in [6.45, 7) is 4.79. The number of ketones is 1. The molecule has 112 valence electrons. The Kier molecular flexibility index (Phi) is 4.85. The number of carbonyl (C=O) groups excluding carboxylic acids is 1. The molecule has 6 heteroatoms. The van der Waals surface area contributed by atoms with Crippen LogP contribution in [0, 0.1) is 0 Å². The molecule has 0 saturated heterocycles. The first kappa shape index (κ1) is 15.4. The van der Waals surface area contributed by atoms with Crippen molar-refractivity contribution in [1.82, 2.24) is 9.78 Å². The van der Waals surface area contributed by atoms with Gasteiger partial charge >= 0.3 is 0 Å². The highest BCUT2D eigenvalue weighted by atomic mass is 35.5. The SMILES string of the molecule is CCOc1ccc(C(=O)c2c(Cl)cnn2C)cc1OCC. The van der Waals surface area contributed by atoms with E-state index in [1.165, 1.54) is 10.9 Å². The number of rotatable bonds is 6. The van der Waals surface area contributed by atoms with Gasteiger partial charge in [-0.25, -0.2) is 0 Å². The van der Waals surface area contributed by atoms with Gasteiger partial charge in [0.15, 0.2) is 11.5 Å². The van der Waals surface area contributed by atoms with Gasteiger partial charge in [0, 0.05) is 12.6 Å². The quantitative estimate of drug-likeness (QED) is 0.769. The molecule has 21 heavy (non-hydrogen) atoms. The van der Waals surface area contributed by atoms with E-state index in [2.05, 4.69) is 5.10 Å². The summed E-state index contributed by atoms with van der Waals surface area (Å²) in [6.07, 6.45) is 1.45. The van der Waals surface area contributed by atoms with Crippen LogP contribution in [0.1, 0.15) is 29.9 Å². The molecule has 2 rings (SSSR count). The van der Waals surface area contributed by atoms with E-state index >= 15 is 0 Å². The molecule has 0 fully saturated rings. The van der Waals surface area contributed by atoms with Gasteiger partial charge in [0.2, 0.25) is 5.78 Å². The maximum absolute atomic E-state index is 12.5. The van der Waals surface area contributed by atoms with Crippen molar-refractivity contribution < 1.29 is 14.3 Å². The van der Waals surface area contributed by atoms with Crippen LogP contribution in [0.2, 0.25) is 5.02 Å². The van der Waals surface area contributed by atoms with Crippen molar-refractivity contribution in [3.8, 4) is 11.5 Å². The number of halogens is 1. The van der Waals surface area contributed by atoms with Gasteiger partial charge in [0.05, 0.1) is 24.4 Å². The fourth-order valence-corrected chi connectivity index (χ4v) is 2.25. The third-order valence-electron chi connectivity index (χ3n) is 2.91. The molecule has 0 atom stereocenters. The first-order valence-corrected chi connectivity index (χ1v) is 7.08. The molecule has 1 aromatic heterocycles. The lowest BCUT2D eigenvalue weighted by molar-refractivity contribution is 0.103. The molecule has 0 bridgehead atoms. The Bertz CT molecular complexity index is 633. The van der Waals surface area contributed by atoms with E-state index in [1.54, 1.807) is 25.2 Å². The highest BCUT2D eigenvalue weighted by molar-refractivity contribution is 6.34. The first-order chi connectivity index (χ1) is 10.1. The molecule has 0 aliphatic heterocycles. The lowest BCUT2D eigenvalue weighted by atomic mass is 10.1. The Balaban J connectivity index is 2.40. The number of benzene rings is 1. The Morgan fingerprint density at radius 3 is 2.48 bits per heavy atom. The average molecular weight is 309 g/mol. The Morgan fingerprint density at radius 1 is 1.24 bits per heavy atom. The summed E-state index contributed by atoms with van der Waals surface area (Å²) in [7, 11) is 1.68. The molecule has 0 saturated carbocycles. The third kappa shape index (κ3) is 3.19. The summed E-state index contributed by atoms with van der Waals surface area (Å²) in [4.78, 5) is 12.5. The van der Waals surface area contributed by atoms with E-state index in [0.29, 0.717) is 41.0 Å². The second-order valence-electron chi connectivity index (χ2n) is 4.32. The van der Waals surface area contributed by atoms with E-state index < -0.39 is 0 Å². The van der Waals surface area contributed by atoms with Gasteiger partial charge in [-0.3, -0.25) is 9.48 Å². The van der Waals surface area contributed by atoms with Crippen molar-refractivity contribution >= 4 is 17.4 Å². The second-order valence-corrected chi connectivity index (χ2v) is 4.73. The molecule has 0 unspecified atom stereocenters. The normalized spacial score (nSPS) is 10.5. The summed E-state index contributed by atoms with van der Waals surface area (Å²) in [5, 5.41) is 4.30. The number of aromatic nitrogens is 2. The molecular formula is C15H17ClN2O3. The fraction of sp³-hybridized carbons (Fsp3) is 0.333. The number of hydrogen-bond acceptors (Lipinski definition) is 4. The van der Waals surface area contributed by atoms with E-state index in [9.17, 15) is 4.79 Å². The predicted octanol–water partition coefficient (Wildman–Crippen LogP) is 3.10. The molecule has 0 spiro atoms. The van der Waals surface area contributed by atoms with E-state index in [1.807, 2.05) is 13.8 Å². The predicted molar refractivity (Wildman–Crippen MR) is 80.4 cm³/mol. The summed E-state index contributed by atoms with van der Waals surface area (Å²) in [6, 6.07) is 5.09. The zero-order valence-electron chi connectivity index (χ0n) is 12.2. The summed E-state index contributed by atoms with van der Waals surface area (Å²) < 4.78 is 12.5. The molecule has 0 amide bonds. The van der Waals surface area contributed by atoms with Gasteiger partial charge in [-0.2, -0.15) is 5.10 Å². The third-order valence-corrected chi connectivity index (χ3v) is 3.19. The van der Waals surface area contributed by atoms with Gasteiger partial charge in [-0.05, 0) is 32.0 Å². The van der Waals surface area contributed by atoms with Crippen LogP contribution in [-0.2, 0) is 7.05 Å². The minimum atomic E-state index is -0.205. The van der Waals surface area contributed by atoms with Crippen LogP contribution in [0.15, 0.2) is 24.4 Å². The van der Waals surface area contributed by atoms with E-state index in [-0.39, 0.29) is 5.78 Å². The highest BCUT2D eigenvalue weighted by Gasteiger charge is 2.19. The average Bonchev–Trinajstić information content (AvgIpc) is 2.80. The first-order valence-electron chi connectivity index (χ1n) is 6.70. The fourth-order valence-electron chi connectivity index (χ4n) is 2.00. The van der Waals surface area contributed by atoms with Crippen molar-refractivity contribution in [2.75, 3.05) is 13.2 Å². The van der Waals surface area contributed by atoms with Gasteiger partial charge in [0.25, 0.3) is 0 Å². The lowest BCUT2D eigenvalue weighted by Crippen LogP contribution is -2.09. The topological polar surface area (TPSA) is 53.3 Å². The molecule has 2 aromatic rings. The number of hydrogen-bond donors (Lipinski definition) is 0. The highest BCUT2D eigenvalue weighted by Crippen LogP contribution is 2.30. The zero-order valence-corrected chi connectivity index (χ0v) is 13.0. The summed E-state index contributed by atoms with van der Waals surface area (Å²) in [5.41, 5.74) is 0.829. The Hall–Kier alpha value is -2.01. The summed E-state index contributed by atoms with van der Waals surface area (Å²) >= 11 is 6.01. The van der Waals surface area contributed by atoms with Crippen LogP contribution in [-0.4, -0.2) is 28.8 Å². The van der Waals surface area contributed by atoms with Crippen LogP contribution >= 0.6 is 11.6 Å². The number of aryl methyl sites for hydroxylation is 1. The van der Waals surface area contributed by atoms with Crippen LogP contribution in [0.25, 0.3) is 0 Å². The van der Waals surface area contributed by atoms with Crippen LogP contribution in [0.4, 0.5) is 0 Å². The Morgan fingerprint density at radius 2 is 1.90 bits per heavy atom. The van der Waals surface area contributed by atoms with Gasteiger partial charge < -0.3 is 9.47 Å². The van der Waals surface area contributed by atoms with Crippen molar-refractivity contribution in [2.24, 2.45) is 7.05 Å². The second kappa shape index (κ2) is 6.63.